The normalized spacial score (nSPS) is 20.9. The van der Waals surface area contributed by atoms with E-state index in [9.17, 15) is 0 Å². The Bertz CT molecular complexity index is 258. The molecule has 66 valence electrons. The van der Waals surface area contributed by atoms with E-state index in [4.69, 9.17) is 11.6 Å². The fraction of sp³-hybridized carbons (Fsp3) is 0.333. The van der Waals surface area contributed by atoms with Gasteiger partial charge in [0, 0.05) is 11.1 Å². The maximum atomic E-state index is 5.99. The smallest absolute Gasteiger partial charge is 0.0453 e. The predicted molar refractivity (Wildman–Crippen MR) is 54.1 cm³/mol. The molecule has 2 rings (SSSR count). The lowest BCUT2D eigenvalue weighted by molar-refractivity contribution is 0.383. The molecule has 1 aromatic rings. The van der Waals surface area contributed by atoms with Crippen LogP contribution in [0.5, 0.6) is 0 Å². The summed E-state index contributed by atoms with van der Waals surface area (Å²) in [6.45, 7) is 1.12. The third-order valence-electron chi connectivity index (χ3n) is 2.10. The van der Waals surface area contributed by atoms with Gasteiger partial charge in [-0.3, -0.25) is 0 Å². The van der Waals surface area contributed by atoms with Crippen molar-refractivity contribution in [2.75, 3.05) is 6.54 Å². The lowest BCUT2D eigenvalue weighted by atomic mass is 9.98. The summed E-state index contributed by atoms with van der Waals surface area (Å²) in [6.07, 6.45) is 1.21. The molecule has 1 aliphatic heterocycles. The van der Waals surface area contributed by atoms with E-state index in [0.717, 1.165) is 11.6 Å². The van der Waals surface area contributed by atoms with Crippen molar-refractivity contribution in [2.45, 2.75) is 12.5 Å². The summed E-state index contributed by atoms with van der Waals surface area (Å²) in [5.74, 6) is 0. The molecule has 0 saturated carbocycles. The summed E-state index contributed by atoms with van der Waals surface area (Å²) in [5.41, 5.74) is 1.24. The number of hydrogen-bond acceptors (Lipinski definition) is 1. The molecule has 1 nitrogen and oxygen atoms in total. The standard InChI is InChI=1S/C9H10ClN.ClH/c10-8-4-2-1-3-7(8)9-5-6-11-9;/h1-4,9,11H,5-6H2;1H/t9-;/m0./s1. The van der Waals surface area contributed by atoms with Gasteiger partial charge in [-0.1, -0.05) is 29.8 Å². The number of nitrogens with one attached hydrogen (secondary N) is 1. The van der Waals surface area contributed by atoms with Gasteiger partial charge in [-0.2, -0.15) is 0 Å². The molecule has 1 aliphatic rings. The Balaban J connectivity index is 0.000000720. The average Bonchev–Trinajstić information content (AvgIpc) is 1.90. The molecule has 0 bridgehead atoms. The summed E-state index contributed by atoms with van der Waals surface area (Å²) in [4.78, 5) is 0. The van der Waals surface area contributed by atoms with E-state index in [0.29, 0.717) is 6.04 Å². The molecule has 12 heavy (non-hydrogen) atoms. The second-order valence-electron chi connectivity index (χ2n) is 2.82. The number of rotatable bonds is 1. The first-order valence-electron chi connectivity index (χ1n) is 3.86. The van der Waals surface area contributed by atoms with Gasteiger partial charge in [0.05, 0.1) is 0 Å². The lowest BCUT2D eigenvalue weighted by Crippen LogP contribution is -2.35. The van der Waals surface area contributed by atoms with Crippen molar-refractivity contribution in [3.63, 3.8) is 0 Å². The van der Waals surface area contributed by atoms with Crippen LogP contribution >= 0.6 is 24.0 Å². The van der Waals surface area contributed by atoms with E-state index in [2.05, 4.69) is 11.4 Å². The molecule has 0 aliphatic carbocycles. The number of hydrogen-bond donors (Lipinski definition) is 1. The highest BCUT2D eigenvalue weighted by molar-refractivity contribution is 6.31. The molecule has 0 radical (unpaired) electrons. The lowest BCUT2D eigenvalue weighted by Gasteiger charge is -2.28. The zero-order valence-corrected chi connectivity index (χ0v) is 8.16. The van der Waals surface area contributed by atoms with E-state index >= 15 is 0 Å². The Morgan fingerprint density at radius 1 is 1.33 bits per heavy atom. The third-order valence-corrected chi connectivity index (χ3v) is 2.45. The van der Waals surface area contributed by atoms with Crippen molar-refractivity contribution in [2.24, 2.45) is 0 Å². The van der Waals surface area contributed by atoms with Crippen LogP contribution in [0.3, 0.4) is 0 Å². The largest absolute Gasteiger partial charge is 0.310 e. The third kappa shape index (κ3) is 1.74. The number of halogens is 2. The topological polar surface area (TPSA) is 12.0 Å². The highest BCUT2D eigenvalue weighted by Gasteiger charge is 2.19. The van der Waals surface area contributed by atoms with E-state index in [1.54, 1.807) is 0 Å². The summed E-state index contributed by atoms with van der Waals surface area (Å²) >= 11 is 5.99. The van der Waals surface area contributed by atoms with E-state index in [1.165, 1.54) is 12.0 Å². The second kappa shape index (κ2) is 4.13. The van der Waals surface area contributed by atoms with Crippen LogP contribution in [0.2, 0.25) is 5.02 Å². The molecule has 1 atom stereocenters. The first-order chi connectivity index (χ1) is 5.38. The maximum absolute atomic E-state index is 5.99. The average molecular weight is 204 g/mol. The van der Waals surface area contributed by atoms with Gasteiger partial charge in [0.15, 0.2) is 0 Å². The highest BCUT2D eigenvalue weighted by Crippen LogP contribution is 2.28. The number of benzene rings is 1. The van der Waals surface area contributed by atoms with Crippen LogP contribution in [0.4, 0.5) is 0 Å². The van der Waals surface area contributed by atoms with Crippen LogP contribution in [-0.4, -0.2) is 6.54 Å². The van der Waals surface area contributed by atoms with Crippen LogP contribution in [0.25, 0.3) is 0 Å². The van der Waals surface area contributed by atoms with E-state index in [1.807, 2.05) is 18.2 Å². The molecule has 0 amide bonds. The molecule has 1 saturated heterocycles. The Morgan fingerprint density at radius 3 is 2.50 bits per heavy atom. The van der Waals surface area contributed by atoms with Crippen LogP contribution in [0, 0.1) is 0 Å². The summed E-state index contributed by atoms with van der Waals surface area (Å²) in [7, 11) is 0. The van der Waals surface area contributed by atoms with Gasteiger partial charge >= 0.3 is 0 Å². The SMILES string of the molecule is Cl.Clc1ccccc1[C@@H]1CCN1. The Hall–Kier alpha value is -0.240. The van der Waals surface area contributed by atoms with Gasteiger partial charge in [-0.15, -0.1) is 12.4 Å². The van der Waals surface area contributed by atoms with Gasteiger partial charge in [0.2, 0.25) is 0 Å². The molecule has 1 N–H and O–H groups in total. The minimum absolute atomic E-state index is 0. The minimum atomic E-state index is 0. The quantitative estimate of drug-likeness (QED) is 0.741. The van der Waals surface area contributed by atoms with Crippen LogP contribution in [0.1, 0.15) is 18.0 Å². The van der Waals surface area contributed by atoms with Crippen molar-refractivity contribution >= 4 is 24.0 Å². The fourth-order valence-electron chi connectivity index (χ4n) is 1.31. The minimum Gasteiger partial charge on any atom is -0.310 e. The Morgan fingerprint density at radius 2 is 2.00 bits per heavy atom. The zero-order chi connectivity index (χ0) is 7.68. The van der Waals surface area contributed by atoms with Crippen LogP contribution in [-0.2, 0) is 0 Å². The van der Waals surface area contributed by atoms with Crippen molar-refractivity contribution in [1.29, 1.82) is 0 Å². The molecule has 1 aromatic carbocycles. The van der Waals surface area contributed by atoms with Crippen LogP contribution in [0.15, 0.2) is 24.3 Å². The van der Waals surface area contributed by atoms with Gasteiger partial charge in [-0.25, -0.2) is 0 Å². The van der Waals surface area contributed by atoms with Gasteiger partial charge in [0.25, 0.3) is 0 Å². The second-order valence-corrected chi connectivity index (χ2v) is 3.22. The van der Waals surface area contributed by atoms with Crippen LogP contribution < -0.4 is 5.32 Å². The molecule has 0 unspecified atom stereocenters. The fourth-order valence-corrected chi connectivity index (χ4v) is 1.58. The first-order valence-corrected chi connectivity index (χ1v) is 4.23. The molecule has 0 spiro atoms. The van der Waals surface area contributed by atoms with Crippen molar-refractivity contribution < 1.29 is 0 Å². The summed E-state index contributed by atoms with van der Waals surface area (Å²) < 4.78 is 0. The molecular weight excluding hydrogens is 193 g/mol. The summed E-state index contributed by atoms with van der Waals surface area (Å²) in [5, 5.41) is 4.20. The molecule has 1 heterocycles. The maximum Gasteiger partial charge on any atom is 0.0453 e. The predicted octanol–water partition coefficient (Wildman–Crippen LogP) is 2.80. The van der Waals surface area contributed by atoms with E-state index in [-0.39, 0.29) is 12.4 Å². The van der Waals surface area contributed by atoms with Gasteiger partial charge < -0.3 is 5.32 Å². The van der Waals surface area contributed by atoms with Gasteiger partial charge in [0.1, 0.15) is 0 Å². The van der Waals surface area contributed by atoms with Crippen molar-refractivity contribution in [3.05, 3.63) is 34.9 Å². The first kappa shape index (κ1) is 9.85. The Labute approximate surface area is 83.5 Å². The molecular formula is C9H11Cl2N. The van der Waals surface area contributed by atoms with Crippen molar-refractivity contribution in [3.8, 4) is 0 Å². The Kier molecular flexibility index (Phi) is 3.39. The molecule has 3 heteroatoms. The molecule has 0 aromatic heterocycles. The molecule has 1 fully saturated rings. The summed E-state index contributed by atoms with van der Waals surface area (Å²) in [6, 6.07) is 8.52. The monoisotopic (exact) mass is 203 g/mol. The zero-order valence-electron chi connectivity index (χ0n) is 6.59. The van der Waals surface area contributed by atoms with Gasteiger partial charge in [-0.05, 0) is 24.6 Å². The van der Waals surface area contributed by atoms with E-state index < -0.39 is 0 Å². The highest BCUT2D eigenvalue weighted by atomic mass is 35.5. The van der Waals surface area contributed by atoms with Crippen molar-refractivity contribution in [1.82, 2.24) is 5.32 Å².